The number of hydrogen-bond acceptors (Lipinski definition) is 4. The van der Waals surface area contributed by atoms with E-state index in [0.29, 0.717) is 0 Å². The van der Waals surface area contributed by atoms with Gasteiger partial charge in [-0.25, -0.2) is 9.50 Å². The smallest absolute Gasteiger partial charge is 0.155 e. The average molecular weight is 247 g/mol. The monoisotopic (exact) mass is 247 g/mol. The molecule has 0 atom stereocenters. The molecule has 0 fully saturated rings. The fourth-order valence-electron chi connectivity index (χ4n) is 1.88. The van der Waals surface area contributed by atoms with Gasteiger partial charge in [-0.15, -0.1) is 0 Å². The Balaban J connectivity index is 1.84. The van der Waals surface area contributed by atoms with Crippen molar-refractivity contribution in [3.63, 3.8) is 0 Å². The molecular formula is C13H21N5. The van der Waals surface area contributed by atoms with Gasteiger partial charge in [0.05, 0.1) is 5.69 Å². The summed E-state index contributed by atoms with van der Waals surface area (Å²) in [6.07, 6.45) is 5.10. The molecule has 0 aliphatic heterocycles. The molecule has 5 nitrogen and oxygen atoms in total. The molecule has 0 bridgehead atoms. The Labute approximate surface area is 108 Å². The van der Waals surface area contributed by atoms with Crippen molar-refractivity contribution in [2.75, 3.05) is 27.2 Å². The van der Waals surface area contributed by atoms with Crippen LogP contribution in [-0.4, -0.2) is 46.7 Å². The van der Waals surface area contributed by atoms with Crippen LogP contribution in [0.25, 0.3) is 5.65 Å². The number of hydrogen-bond donors (Lipinski definition) is 1. The third-order valence-corrected chi connectivity index (χ3v) is 2.78. The Kier molecular flexibility index (Phi) is 4.28. The topological polar surface area (TPSA) is 45.5 Å². The van der Waals surface area contributed by atoms with Crippen molar-refractivity contribution in [1.29, 1.82) is 0 Å². The summed E-state index contributed by atoms with van der Waals surface area (Å²) in [6.45, 7) is 4.96. The SMILES string of the molecule is Cc1cc2ncc(CNCCCN(C)C)cn2n1. The molecule has 0 radical (unpaired) electrons. The van der Waals surface area contributed by atoms with Crippen LogP contribution in [0.15, 0.2) is 18.5 Å². The minimum Gasteiger partial charge on any atom is -0.313 e. The van der Waals surface area contributed by atoms with E-state index in [2.05, 4.69) is 34.4 Å². The van der Waals surface area contributed by atoms with Crippen LogP contribution in [0.5, 0.6) is 0 Å². The molecule has 0 aliphatic rings. The van der Waals surface area contributed by atoms with Gasteiger partial charge in [-0.3, -0.25) is 0 Å². The first kappa shape index (κ1) is 13.0. The van der Waals surface area contributed by atoms with Gasteiger partial charge in [0.2, 0.25) is 0 Å². The number of fused-ring (bicyclic) bond motifs is 1. The lowest BCUT2D eigenvalue weighted by Gasteiger charge is -2.09. The molecule has 2 heterocycles. The minimum absolute atomic E-state index is 0.843. The largest absolute Gasteiger partial charge is 0.313 e. The third kappa shape index (κ3) is 3.51. The molecule has 0 aliphatic carbocycles. The summed E-state index contributed by atoms with van der Waals surface area (Å²) in [6, 6.07) is 1.98. The van der Waals surface area contributed by atoms with Crippen molar-refractivity contribution in [2.45, 2.75) is 19.9 Å². The van der Waals surface area contributed by atoms with Gasteiger partial charge in [-0.1, -0.05) is 0 Å². The van der Waals surface area contributed by atoms with Crippen molar-refractivity contribution in [3.8, 4) is 0 Å². The first-order valence-electron chi connectivity index (χ1n) is 6.31. The molecule has 5 heteroatoms. The maximum absolute atomic E-state index is 4.38. The number of aromatic nitrogens is 3. The Bertz CT molecular complexity index is 503. The fourth-order valence-corrected chi connectivity index (χ4v) is 1.88. The predicted octanol–water partition coefficient (Wildman–Crippen LogP) is 1.08. The number of aryl methyl sites for hydroxylation is 1. The zero-order valence-corrected chi connectivity index (χ0v) is 11.3. The van der Waals surface area contributed by atoms with Crippen LogP contribution >= 0.6 is 0 Å². The maximum atomic E-state index is 4.38. The minimum atomic E-state index is 0.843. The number of nitrogens with zero attached hydrogens (tertiary/aromatic N) is 4. The van der Waals surface area contributed by atoms with Crippen LogP contribution in [0.1, 0.15) is 17.7 Å². The van der Waals surface area contributed by atoms with E-state index in [1.165, 1.54) is 0 Å². The molecule has 98 valence electrons. The summed E-state index contributed by atoms with van der Waals surface area (Å²) < 4.78 is 1.84. The van der Waals surface area contributed by atoms with E-state index < -0.39 is 0 Å². The van der Waals surface area contributed by atoms with E-state index in [4.69, 9.17) is 0 Å². The van der Waals surface area contributed by atoms with E-state index in [9.17, 15) is 0 Å². The van der Waals surface area contributed by atoms with Crippen molar-refractivity contribution < 1.29 is 0 Å². The predicted molar refractivity (Wildman–Crippen MR) is 72.6 cm³/mol. The van der Waals surface area contributed by atoms with E-state index in [-0.39, 0.29) is 0 Å². The fraction of sp³-hybridized carbons (Fsp3) is 0.538. The molecule has 0 aromatic carbocycles. The van der Waals surface area contributed by atoms with Gasteiger partial charge in [-0.05, 0) is 40.5 Å². The molecule has 2 rings (SSSR count). The average Bonchev–Trinajstić information content (AvgIpc) is 2.67. The van der Waals surface area contributed by atoms with Crippen LogP contribution in [-0.2, 0) is 6.54 Å². The molecule has 18 heavy (non-hydrogen) atoms. The summed E-state index contributed by atoms with van der Waals surface area (Å²) in [4.78, 5) is 6.58. The highest BCUT2D eigenvalue weighted by molar-refractivity contribution is 5.38. The molecule has 0 unspecified atom stereocenters. The lowest BCUT2D eigenvalue weighted by Crippen LogP contribution is -2.21. The Morgan fingerprint density at radius 3 is 3.00 bits per heavy atom. The zero-order valence-electron chi connectivity index (χ0n) is 11.3. The van der Waals surface area contributed by atoms with Gasteiger partial charge in [0.1, 0.15) is 0 Å². The summed E-state index contributed by atoms with van der Waals surface area (Å²) in [7, 11) is 4.19. The van der Waals surface area contributed by atoms with Gasteiger partial charge >= 0.3 is 0 Å². The van der Waals surface area contributed by atoms with E-state index >= 15 is 0 Å². The van der Waals surface area contributed by atoms with Gasteiger partial charge in [0.25, 0.3) is 0 Å². The highest BCUT2D eigenvalue weighted by atomic mass is 15.2. The molecule has 0 saturated carbocycles. The standard InChI is InChI=1S/C13H21N5/c1-11-7-13-15-9-12(10-18(13)16-11)8-14-5-4-6-17(2)3/h7,9-10,14H,4-6,8H2,1-3H3. The summed E-state index contributed by atoms with van der Waals surface area (Å²) in [5, 5.41) is 7.78. The van der Waals surface area contributed by atoms with Crippen molar-refractivity contribution >= 4 is 5.65 Å². The molecular weight excluding hydrogens is 226 g/mol. The quantitative estimate of drug-likeness (QED) is 0.776. The Hall–Kier alpha value is -1.46. The van der Waals surface area contributed by atoms with E-state index in [1.807, 2.05) is 29.9 Å². The van der Waals surface area contributed by atoms with Crippen molar-refractivity contribution in [2.24, 2.45) is 0 Å². The van der Waals surface area contributed by atoms with Gasteiger partial charge in [0, 0.05) is 30.6 Å². The number of nitrogens with one attached hydrogen (secondary N) is 1. The Morgan fingerprint density at radius 1 is 1.39 bits per heavy atom. The normalized spacial score (nSPS) is 11.6. The summed E-state index contributed by atoms with van der Waals surface area (Å²) in [5.74, 6) is 0. The molecule has 0 amide bonds. The van der Waals surface area contributed by atoms with Crippen LogP contribution in [0.2, 0.25) is 0 Å². The lowest BCUT2D eigenvalue weighted by molar-refractivity contribution is 0.394. The highest BCUT2D eigenvalue weighted by Gasteiger charge is 2.00. The molecule has 1 N–H and O–H groups in total. The second kappa shape index (κ2) is 5.93. The second-order valence-electron chi connectivity index (χ2n) is 4.88. The van der Waals surface area contributed by atoms with E-state index in [1.54, 1.807) is 0 Å². The summed E-state index contributed by atoms with van der Waals surface area (Å²) in [5.41, 5.74) is 3.07. The first-order valence-corrected chi connectivity index (χ1v) is 6.31. The third-order valence-electron chi connectivity index (χ3n) is 2.78. The van der Waals surface area contributed by atoms with Gasteiger partial charge < -0.3 is 10.2 Å². The second-order valence-corrected chi connectivity index (χ2v) is 4.88. The highest BCUT2D eigenvalue weighted by Crippen LogP contribution is 2.04. The van der Waals surface area contributed by atoms with Crippen molar-refractivity contribution in [3.05, 3.63) is 29.7 Å². The maximum Gasteiger partial charge on any atom is 0.155 e. The molecule has 2 aromatic heterocycles. The van der Waals surface area contributed by atoms with Crippen LogP contribution in [0.3, 0.4) is 0 Å². The summed E-state index contributed by atoms with van der Waals surface area (Å²) >= 11 is 0. The molecule has 0 saturated heterocycles. The van der Waals surface area contributed by atoms with Gasteiger partial charge in [-0.2, -0.15) is 5.10 Å². The van der Waals surface area contributed by atoms with Crippen LogP contribution < -0.4 is 5.32 Å². The Morgan fingerprint density at radius 2 is 2.22 bits per heavy atom. The molecule has 0 spiro atoms. The lowest BCUT2D eigenvalue weighted by atomic mass is 10.3. The zero-order chi connectivity index (χ0) is 13.0. The number of rotatable bonds is 6. The van der Waals surface area contributed by atoms with E-state index in [0.717, 1.165) is 43.0 Å². The first-order chi connectivity index (χ1) is 8.65. The van der Waals surface area contributed by atoms with Crippen molar-refractivity contribution in [1.82, 2.24) is 24.8 Å². The van der Waals surface area contributed by atoms with Crippen LogP contribution in [0, 0.1) is 6.92 Å². The molecule has 2 aromatic rings. The van der Waals surface area contributed by atoms with Crippen LogP contribution in [0.4, 0.5) is 0 Å². The van der Waals surface area contributed by atoms with Gasteiger partial charge in [0.15, 0.2) is 5.65 Å².